The Morgan fingerprint density at radius 3 is 2.36 bits per heavy atom. The Labute approximate surface area is 149 Å². The van der Waals surface area contributed by atoms with E-state index in [1.807, 2.05) is 24.3 Å². The minimum absolute atomic E-state index is 0.0597. The highest BCUT2D eigenvalue weighted by Gasteiger charge is 2.37. The van der Waals surface area contributed by atoms with Crippen molar-refractivity contribution in [3.63, 3.8) is 0 Å². The highest BCUT2D eigenvalue weighted by Crippen LogP contribution is 2.44. The second-order valence-electron chi connectivity index (χ2n) is 7.42. The molecule has 1 aliphatic heterocycles. The molecule has 1 saturated heterocycles. The van der Waals surface area contributed by atoms with Crippen molar-refractivity contribution in [3.05, 3.63) is 24.3 Å². The van der Waals surface area contributed by atoms with Crippen LogP contribution in [0, 0.1) is 5.41 Å². The Morgan fingerprint density at radius 1 is 1.00 bits per heavy atom. The molecular weight excluding hydrogens is 318 g/mol. The zero-order valence-corrected chi connectivity index (χ0v) is 14.7. The predicted octanol–water partition coefficient (Wildman–Crippen LogP) is 2.67. The van der Waals surface area contributed by atoms with Crippen molar-refractivity contribution in [2.24, 2.45) is 5.41 Å². The first-order chi connectivity index (χ1) is 12.1. The number of ether oxygens (including phenoxy) is 1. The molecule has 2 fully saturated rings. The van der Waals surface area contributed by atoms with Gasteiger partial charge in [-0.3, -0.25) is 4.79 Å². The summed E-state index contributed by atoms with van der Waals surface area (Å²) in [4.78, 5) is 25.9. The molecule has 2 aliphatic rings. The van der Waals surface area contributed by atoms with E-state index in [0.29, 0.717) is 5.75 Å². The first-order valence-corrected chi connectivity index (χ1v) is 9.33. The van der Waals surface area contributed by atoms with Crippen molar-refractivity contribution in [2.45, 2.75) is 57.8 Å². The molecule has 1 heterocycles. The lowest BCUT2D eigenvalue weighted by molar-refractivity contribution is -0.308. The number of carbonyl (C=O) groups is 2. The van der Waals surface area contributed by atoms with Gasteiger partial charge in [0.2, 0.25) is 0 Å². The minimum Gasteiger partial charge on any atom is -0.550 e. The first kappa shape index (κ1) is 17.8. The number of carbonyl (C=O) groups excluding carboxylic acids is 2. The molecule has 0 aromatic heterocycles. The van der Waals surface area contributed by atoms with Crippen molar-refractivity contribution in [1.82, 2.24) is 0 Å². The summed E-state index contributed by atoms with van der Waals surface area (Å²) in [6.45, 7) is 1.95. The topological polar surface area (TPSA) is 69.7 Å². The highest BCUT2D eigenvalue weighted by atomic mass is 16.5. The highest BCUT2D eigenvalue weighted by molar-refractivity contribution is 5.77. The molecule has 0 spiro atoms. The molecule has 1 saturated carbocycles. The zero-order valence-electron chi connectivity index (χ0n) is 14.7. The number of aliphatic carboxylic acids is 1. The number of carboxylic acid groups (broad SMARTS) is 1. The van der Waals surface area contributed by atoms with Crippen molar-refractivity contribution < 1.29 is 19.4 Å². The summed E-state index contributed by atoms with van der Waals surface area (Å²) >= 11 is 0. The molecule has 1 aromatic carbocycles. The summed E-state index contributed by atoms with van der Waals surface area (Å²) in [5.41, 5.74) is 0.464. The number of para-hydroxylation sites is 2. The molecule has 0 amide bonds. The Hall–Kier alpha value is -2.04. The minimum atomic E-state index is -1.08. The van der Waals surface area contributed by atoms with Gasteiger partial charge in [0.25, 0.3) is 0 Å². The second-order valence-corrected chi connectivity index (χ2v) is 7.42. The molecule has 0 unspecified atom stereocenters. The van der Waals surface area contributed by atoms with Crippen LogP contribution in [0.4, 0.5) is 5.69 Å². The van der Waals surface area contributed by atoms with Crippen molar-refractivity contribution in [1.29, 1.82) is 0 Å². The van der Waals surface area contributed by atoms with Crippen LogP contribution in [-0.2, 0) is 9.59 Å². The van der Waals surface area contributed by atoms with E-state index in [0.717, 1.165) is 57.3 Å². The van der Waals surface area contributed by atoms with Gasteiger partial charge in [-0.25, -0.2) is 0 Å². The maximum absolute atomic E-state index is 12.5. The van der Waals surface area contributed by atoms with Crippen LogP contribution in [0.3, 0.4) is 0 Å². The average molecular weight is 344 g/mol. The van der Waals surface area contributed by atoms with E-state index in [9.17, 15) is 14.7 Å². The van der Waals surface area contributed by atoms with E-state index in [4.69, 9.17) is 4.74 Å². The van der Waals surface area contributed by atoms with E-state index >= 15 is 0 Å². The number of hydrogen-bond acceptors (Lipinski definition) is 5. The van der Waals surface area contributed by atoms with Crippen LogP contribution in [0.1, 0.15) is 57.8 Å². The molecule has 5 heteroatoms. The van der Waals surface area contributed by atoms with Crippen LogP contribution in [0.5, 0.6) is 5.75 Å². The molecule has 3 rings (SSSR count). The van der Waals surface area contributed by atoms with Crippen LogP contribution < -0.4 is 14.7 Å². The normalized spacial score (nSPS) is 19.6. The average Bonchev–Trinajstić information content (AvgIpc) is 3.03. The van der Waals surface area contributed by atoms with Crippen LogP contribution >= 0.6 is 0 Å². The lowest BCUT2D eigenvalue weighted by Crippen LogP contribution is -2.33. The molecular formula is C20H26NO4-. The summed E-state index contributed by atoms with van der Waals surface area (Å²) in [6.07, 6.45) is 7.06. The Bertz CT molecular complexity index is 616. The smallest absolute Gasteiger partial charge is 0.311 e. The van der Waals surface area contributed by atoms with Gasteiger partial charge in [0, 0.05) is 19.1 Å². The third-order valence-electron chi connectivity index (χ3n) is 5.49. The number of benzene rings is 1. The molecule has 0 atom stereocenters. The number of esters is 1. The van der Waals surface area contributed by atoms with Crippen molar-refractivity contribution in [3.8, 4) is 5.75 Å². The Balaban J connectivity index is 1.69. The lowest BCUT2D eigenvalue weighted by Gasteiger charge is -2.31. The number of hydrogen-bond donors (Lipinski definition) is 0. The lowest BCUT2D eigenvalue weighted by atomic mass is 9.79. The van der Waals surface area contributed by atoms with Crippen LogP contribution in [0.15, 0.2) is 24.3 Å². The predicted molar refractivity (Wildman–Crippen MR) is 93.3 cm³/mol. The fourth-order valence-electron chi connectivity index (χ4n) is 4.25. The van der Waals surface area contributed by atoms with Gasteiger partial charge >= 0.3 is 5.97 Å². The Morgan fingerprint density at radius 2 is 1.68 bits per heavy atom. The summed E-state index contributed by atoms with van der Waals surface area (Å²) in [5, 5.41) is 11.1. The number of nitrogens with zero attached hydrogens (tertiary/aromatic N) is 1. The number of piperidine rings is 1. The summed E-state index contributed by atoms with van der Waals surface area (Å²) in [5.74, 6) is -0.841. The van der Waals surface area contributed by atoms with Crippen LogP contribution in [-0.4, -0.2) is 25.0 Å². The summed E-state index contributed by atoms with van der Waals surface area (Å²) < 4.78 is 5.67. The molecule has 25 heavy (non-hydrogen) atoms. The summed E-state index contributed by atoms with van der Waals surface area (Å²) in [7, 11) is 0. The zero-order chi connectivity index (χ0) is 17.7. The molecule has 5 nitrogen and oxygen atoms in total. The molecule has 136 valence electrons. The molecule has 0 N–H and O–H groups in total. The van der Waals surface area contributed by atoms with Crippen LogP contribution in [0.2, 0.25) is 0 Å². The van der Waals surface area contributed by atoms with E-state index in [1.165, 1.54) is 6.42 Å². The quantitative estimate of drug-likeness (QED) is 0.586. The monoisotopic (exact) mass is 344 g/mol. The molecule has 1 aliphatic carbocycles. The third-order valence-corrected chi connectivity index (χ3v) is 5.49. The van der Waals surface area contributed by atoms with Gasteiger partial charge in [-0.2, -0.15) is 0 Å². The SMILES string of the molecule is O=C([O-])CC1(CC(=O)Oc2ccccc2N2CCCCC2)CCCC1. The van der Waals surface area contributed by atoms with E-state index in [1.54, 1.807) is 0 Å². The molecule has 0 bridgehead atoms. The van der Waals surface area contributed by atoms with Gasteiger partial charge in [-0.1, -0.05) is 25.0 Å². The summed E-state index contributed by atoms with van der Waals surface area (Å²) in [6, 6.07) is 7.63. The molecule has 1 aromatic rings. The van der Waals surface area contributed by atoms with Crippen LogP contribution in [0.25, 0.3) is 0 Å². The van der Waals surface area contributed by atoms with E-state index < -0.39 is 11.4 Å². The number of carboxylic acids is 1. The largest absolute Gasteiger partial charge is 0.550 e. The standard InChI is InChI=1S/C20H27NO4/c22-18(23)14-20(10-4-5-11-20)15-19(24)25-17-9-3-2-8-16(17)21-12-6-1-7-13-21/h2-3,8-9H,1,4-7,10-15H2,(H,22,23)/p-1. The van der Waals surface area contributed by atoms with E-state index in [-0.39, 0.29) is 18.8 Å². The Kier molecular flexibility index (Phi) is 5.61. The third kappa shape index (κ3) is 4.53. The van der Waals surface area contributed by atoms with Gasteiger partial charge in [0.05, 0.1) is 12.1 Å². The number of anilines is 1. The maximum Gasteiger partial charge on any atom is 0.311 e. The fourth-order valence-corrected chi connectivity index (χ4v) is 4.25. The van der Waals surface area contributed by atoms with E-state index in [2.05, 4.69) is 4.90 Å². The number of rotatable bonds is 6. The van der Waals surface area contributed by atoms with Crippen molar-refractivity contribution in [2.75, 3.05) is 18.0 Å². The van der Waals surface area contributed by atoms with Crippen molar-refractivity contribution >= 4 is 17.6 Å². The molecule has 0 radical (unpaired) electrons. The fraction of sp³-hybridized carbons (Fsp3) is 0.600. The van der Waals surface area contributed by atoms with Gasteiger partial charge in [-0.05, 0) is 56.1 Å². The second kappa shape index (κ2) is 7.89. The first-order valence-electron chi connectivity index (χ1n) is 9.33. The van der Waals surface area contributed by atoms with Gasteiger partial charge < -0.3 is 19.5 Å². The van der Waals surface area contributed by atoms with Gasteiger partial charge in [0.1, 0.15) is 0 Å². The van der Waals surface area contributed by atoms with Gasteiger partial charge in [-0.15, -0.1) is 0 Å². The van der Waals surface area contributed by atoms with Gasteiger partial charge in [0.15, 0.2) is 5.75 Å². The maximum atomic E-state index is 12.5.